The molecule has 7 heteroatoms. The number of benzene rings is 1. The predicted octanol–water partition coefficient (Wildman–Crippen LogP) is 1.35. The van der Waals surface area contributed by atoms with Gasteiger partial charge in [0, 0.05) is 9.86 Å². The third-order valence-electron chi connectivity index (χ3n) is 2.13. The summed E-state index contributed by atoms with van der Waals surface area (Å²) in [7, 11) is -0.473. The smallest absolute Gasteiger partial charge is 0.508 e. The van der Waals surface area contributed by atoms with Crippen LogP contribution in [-0.2, 0) is 0 Å². The highest BCUT2D eigenvalue weighted by molar-refractivity contribution is 9.10. The second-order valence-electron chi connectivity index (χ2n) is 3.28. The van der Waals surface area contributed by atoms with Gasteiger partial charge in [-0.2, -0.15) is 0 Å². The van der Waals surface area contributed by atoms with Crippen LogP contribution in [0.5, 0.6) is 11.6 Å². The van der Waals surface area contributed by atoms with Gasteiger partial charge in [0.2, 0.25) is 0 Å². The third kappa shape index (κ3) is 2.69. The molecule has 2 aromatic rings. The zero-order valence-corrected chi connectivity index (χ0v) is 10.5. The van der Waals surface area contributed by atoms with E-state index >= 15 is 0 Å². The first kappa shape index (κ1) is 12.2. The van der Waals surface area contributed by atoms with Gasteiger partial charge in [-0.25, -0.2) is 4.98 Å². The fraction of sp³-hybridized carbons (Fsp3) is 0.100. The number of ether oxygens (including phenoxy) is 1. The van der Waals surface area contributed by atoms with E-state index in [1.165, 1.54) is 7.11 Å². The number of rotatable bonds is 3. The number of aromatic nitrogens is 1. The van der Waals surface area contributed by atoms with Crippen molar-refractivity contribution in [2.45, 2.75) is 0 Å². The van der Waals surface area contributed by atoms with E-state index in [9.17, 15) is 0 Å². The average Bonchev–Trinajstić information content (AvgIpc) is 2.27. The highest BCUT2D eigenvalue weighted by Crippen LogP contribution is 2.30. The molecule has 0 aliphatic carbocycles. The van der Waals surface area contributed by atoms with Crippen LogP contribution in [0.25, 0.3) is 10.9 Å². The maximum Gasteiger partial charge on any atom is 0.707 e. The Balaban J connectivity index is 2.57. The first-order chi connectivity index (χ1) is 8.10. The molecule has 1 aromatic carbocycles. The van der Waals surface area contributed by atoms with Crippen molar-refractivity contribution in [3.8, 4) is 11.6 Å². The lowest BCUT2D eigenvalue weighted by Gasteiger charge is -2.10. The number of hydrogen-bond donors (Lipinski definition) is 2. The summed E-state index contributed by atoms with van der Waals surface area (Å²) in [6, 6.07) is 7.15. The number of fused-ring (bicyclic) bond motifs is 1. The standard InChI is InChI=1S/C10H9BBrNO4/c1-16-10-9(17-11(14)15)5-6-4-7(12)2-3-8(6)13-10/h2-5,14-15H,1H3. The first-order valence-electron chi connectivity index (χ1n) is 4.77. The van der Waals surface area contributed by atoms with Crippen LogP contribution in [0.1, 0.15) is 0 Å². The number of nitrogens with zero attached hydrogens (tertiary/aromatic N) is 1. The van der Waals surface area contributed by atoms with Crippen LogP contribution in [0.3, 0.4) is 0 Å². The van der Waals surface area contributed by atoms with Gasteiger partial charge in [-0.1, -0.05) is 15.9 Å². The first-order valence-corrected chi connectivity index (χ1v) is 5.56. The van der Waals surface area contributed by atoms with E-state index in [2.05, 4.69) is 20.9 Å². The van der Waals surface area contributed by atoms with E-state index < -0.39 is 7.32 Å². The molecule has 0 unspecified atom stereocenters. The van der Waals surface area contributed by atoms with E-state index in [0.717, 1.165) is 15.4 Å². The van der Waals surface area contributed by atoms with Crippen LogP contribution in [-0.4, -0.2) is 29.5 Å². The van der Waals surface area contributed by atoms with Gasteiger partial charge in [-0.3, -0.25) is 0 Å². The number of halogens is 1. The molecule has 5 nitrogen and oxygen atoms in total. The molecule has 0 aliphatic heterocycles. The predicted molar refractivity (Wildman–Crippen MR) is 66.8 cm³/mol. The van der Waals surface area contributed by atoms with Gasteiger partial charge < -0.3 is 19.4 Å². The number of methoxy groups -OCH3 is 1. The monoisotopic (exact) mass is 297 g/mol. The molecule has 0 spiro atoms. The Bertz CT molecular complexity index is 549. The van der Waals surface area contributed by atoms with E-state index in [1.54, 1.807) is 6.07 Å². The summed E-state index contributed by atoms with van der Waals surface area (Å²) >= 11 is 3.34. The minimum Gasteiger partial charge on any atom is -0.508 e. The highest BCUT2D eigenvalue weighted by atomic mass is 79.9. The maximum atomic E-state index is 8.79. The van der Waals surface area contributed by atoms with Gasteiger partial charge >= 0.3 is 7.32 Å². The number of pyridine rings is 1. The van der Waals surface area contributed by atoms with Crippen molar-refractivity contribution in [2.24, 2.45) is 0 Å². The Morgan fingerprint density at radius 2 is 2.06 bits per heavy atom. The molecule has 0 aliphatic rings. The van der Waals surface area contributed by atoms with E-state index in [4.69, 9.17) is 19.4 Å². The molecule has 0 saturated carbocycles. The van der Waals surface area contributed by atoms with Gasteiger partial charge in [0.15, 0.2) is 5.75 Å². The third-order valence-corrected chi connectivity index (χ3v) is 2.63. The normalized spacial score (nSPS) is 10.4. The molecular formula is C10H9BBrNO4. The fourth-order valence-corrected chi connectivity index (χ4v) is 1.83. The topological polar surface area (TPSA) is 71.8 Å². The fourth-order valence-electron chi connectivity index (χ4n) is 1.45. The lowest BCUT2D eigenvalue weighted by atomic mass is 10.2. The SMILES string of the molecule is COc1nc2ccc(Br)cc2cc1OB(O)O. The van der Waals surface area contributed by atoms with Crippen molar-refractivity contribution in [2.75, 3.05) is 7.11 Å². The summed E-state index contributed by atoms with van der Waals surface area (Å²) in [5.74, 6) is 0.376. The molecule has 17 heavy (non-hydrogen) atoms. The zero-order valence-electron chi connectivity index (χ0n) is 8.92. The molecule has 2 N–H and O–H groups in total. The van der Waals surface area contributed by atoms with Crippen molar-refractivity contribution in [1.82, 2.24) is 4.98 Å². The summed E-state index contributed by atoms with van der Waals surface area (Å²) in [5, 5.41) is 18.4. The Morgan fingerprint density at radius 3 is 2.71 bits per heavy atom. The highest BCUT2D eigenvalue weighted by Gasteiger charge is 2.16. The molecule has 0 atom stereocenters. The quantitative estimate of drug-likeness (QED) is 0.837. The Labute approximate surface area is 106 Å². The Kier molecular flexibility index (Phi) is 3.51. The molecule has 0 bridgehead atoms. The van der Waals surface area contributed by atoms with Gasteiger partial charge in [0.25, 0.3) is 5.88 Å². The largest absolute Gasteiger partial charge is 0.707 e. The molecule has 2 rings (SSSR count). The zero-order chi connectivity index (χ0) is 12.4. The van der Waals surface area contributed by atoms with Crippen LogP contribution in [0.15, 0.2) is 28.7 Å². The molecule has 88 valence electrons. The minimum absolute atomic E-state index is 0.174. The van der Waals surface area contributed by atoms with Crippen molar-refractivity contribution < 1.29 is 19.4 Å². The minimum atomic E-state index is -1.91. The molecular weight excluding hydrogens is 289 g/mol. The summed E-state index contributed by atoms with van der Waals surface area (Å²) < 4.78 is 10.7. The molecule has 0 amide bonds. The van der Waals surface area contributed by atoms with Crippen molar-refractivity contribution in [1.29, 1.82) is 0 Å². The lowest BCUT2D eigenvalue weighted by Crippen LogP contribution is -2.21. The lowest BCUT2D eigenvalue weighted by molar-refractivity contribution is 0.277. The van der Waals surface area contributed by atoms with Crippen LogP contribution < -0.4 is 9.39 Å². The van der Waals surface area contributed by atoms with Gasteiger partial charge in [0.05, 0.1) is 12.6 Å². The molecule has 1 aromatic heterocycles. The van der Waals surface area contributed by atoms with Crippen LogP contribution in [0.4, 0.5) is 0 Å². The van der Waals surface area contributed by atoms with Crippen molar-refractivity contribution in [3.05, 3.63) is 28.7 Å². The molecule has 0 saturated heterocycles. The second-order valence-corrected chi connectivity index (χ2v) is 4.19. The molecule has 0 radical (unpaired) electrons. The van der Waals surface area contributed by atoms with E-state index in [1.807, 2.05) is 18.2 Å². The Hall–Kier alpha value is -1.31. The summed E-state index contributed by atoms with van der Waals surface area (Å²) in [4.78, 5) is 4.20. The Morgan fingerprint density at radius 1 is 1.29 bits per heavy atom. The van der Waals surface area contributed by atoms with Gasteiger partial charge in [0.1, 0.15) is 0 Å². The second kappa shape index (κ2) is 4.91. The molecule has 0 fully saturated rings. The summed E-state index contributed by atoms with van der Waals surface area (Å²) in [6.07, 6.45) is 0. The van der Waals surface area contributed by atoms with Crippen molar-refractivity contribution >= 4 is 34.2 Å². The van der Waals surface area contributed by atoms with Crippen LogP contribution in [0, 0.1) is 0 Å². The van der Waals surface area contributed by atoms with Crippen LogP contribution >= 0.6 is 15.9 Å². The maximum absolute atomic E-state index is 8.79. The van der Waals surface area contributed by atoms with E-state index in [-0.39, 0.29) is 11.6 Å². The van der Waals surface area contributed by atoms with Gasteiger partial charge in [-0.15, -0.1) is 0 Å². The molecule has 1 heterocycles. The average molecular weight is 298 g/mol. The van der Waals surface area contributed by atoms with Crippen molar-refractivity contribution in [3.63, 3.8) is 0 Å². The number of hydrogen-bond acceptors (Lipinski definition) is 5. The van der Waals surface area contributed by atoms with E-state index in [0.29, 0.717) is 0 Å². The van der Waals surface area contributed by atoms with Crippen LogP contribution in [0.2, 0.25) is 0 Å². The summed E-state index contributed by atoms with van der Waals surface area (Å²) in [5.41, 5.74) is 0.727. The van der Waals surface area contributed by atoms with Gasteiger partial charge in [-0.05, 0) is 24.3 Å². The summed E-state index contributed by atoms with van der Waals surface area (Å²) in [6.45, 7) is 0.